The predicted molar refractivity (Wildman–Crippen MR) is 103 cm³/mol. The fourth-order valence-electron chi connectivity index (χ4n) is 2.57. The lowest BCUT2D eigenvalue weighted by molar-refractivity contribution is -0.890. The van der Waals surface area contributed by atoms with Gasteiger partial charge in [0.25, 0.3) is 0 Å². The molecule has 0 heterocycles. The van der Waals surface area contributed by atoms with E-state index < -0.39 is 10.0 Å². The number of rotatable bonds is 7. The van der Waals surface area contributed by atoms with E-state index in [1.165, 1.54) is 12.1 Å². The Morgan fingerprint density at radius 3 is 2.28 bits per heavy atom. The number of halogens is 1. The first-order valence-electron chi connectivity index (χ1n) is 8.03. The quantitative estimate of drug-likeness (QED) is 0.764. The second-order valence-corrected chi connectivity index (χ2v) is 8.63. The molecule has 2 aromatic carbocycles. The van der Waals surface area contributed by atoms with Crippen LogP contribution in [0.1, 0.15) is 11.6 Å². The highest BCUT2D eigenvalue weighted by Crippen LogP contribution is 2.18. The summed E-state index contributed by atoms with van der Waals surface area (Å²) in [5.41, 5.74) is 2.19. The second kappa shape index (κ2) is 8.19. The van der Waals surface area contributed by atoms with Crippen LogP contribution in [-0.2, 0) is 10.0 Å². The monoisotopic (exact) mass is 382 g/mol. The fraction of sp³-hybridized carbons (Fsp3) is 0.333. The Labute approximate surface area is 155 Å². The van der Waals surface area contributed by atoms with E-state index in [-0.39, 0.29) is 10.9 Å². The van der Waals surface area contributed by atoms with Crippen LogP contribution >= 0.6 is 11.6 Å². The third-order valence-electron chi connectivity index (χ3n) is 4.09. The lowest BCUT2D eigenvalue weighted by Gasteiger charge is -2.23. The van der Waals surface area contributed by atoms with Crippen molar-refractivity contribution in [3.05, 3.63) is 59.1 Å². The maximum absolute atomic E-state index is 12.5. The Hall–Kier alpha value is -1.60. The molecule has 0 fully saturated rings. The van der Waals surface area contributed by atoms with Crippen molar-refractivity contribution in [2.45, 2.75) is 10.9 Å². The van der Waals surface area contributed by atoms with E-state index in [4.69, 9.17) is 11.6 Å². The Kier molecular flexibility index (Phi) is 6.46. The molecular weight excluding hydrogens is 358 g/mol. The number of benzene rings is 2. The van der Waals surface area contributed by atoms with Crippen LogP contribution in [0.4, 0.5) is 5.69 Å². The van der Waals surface area contributed by atoms with Crippen molar-refractivity contribution in [3.63, 3.8) is 0 Å². The molecule has 0 spiro atoms. The summed E-state index contributed by atoms with van der Waals surface area (Å²) in [7, 11) is 4.41. The predicted octanol–water partition coefficient (Wildman–Crippen LogP) is 1.57. The Balaban J connectivity index is 2.17. The molecule has 0 aromatic heterocycles. The molecule has 2 rings (SSSR count). The highest BCUT2D eigenvalue weighted by Gasteiger charge is 2.22. The van der Waals surface area contributed by atoms with Crippen molar-refractivity contribution in [2.75, 3.05) is 39.6 Å². The van der Waals surface area contributed by atoms with Gasteiger partial charge < -0.3 is 9.80 Å². The average Bonchev–Trinajstić information content (AvgIpc) is 2.55. The van der Waals surface area contributed by atoms with Crippen molar-refractivity contribution in [2.24, 2.45) is 0 Å². The second-order valence-electron chi connectivity index (χ2n) is 6.43. The molecule has 0 amide bonds. The number of quaternary nitrogens is 1. The summed E-state index contributed by atoms with van der Waals surface area (Å²) in [4.78, 5) is 3.35. The van der Waals surface area contributed by atoms with Gasteiger partial charge in [-0.3, -0.25) is 0 Å². The zero-order valence-corrected chi connectivity index (χ0v) is 16.5. The summed E-state index contributed by atoms with van der Waals surface area (Å²) in [5.74, 6) is 0. The topological polar surface area (TPSA) is 53.9 Å². The molecule has 2 N–H and O–H groups in total. The zero-order chi connectivity index (χ0) is 18.6. The van der Waals surface area contributed by atoms with Crippen LogP contribution in [0.2, 0.25) is 5.02 Å². The van der Waals surface area contributed by atoms with Crippen molar-refractivity contribution in [1.29, 1.82) is 0 Å². The molecule has 0 aliphatic rings. The van der Waals surface area contributed by atoms with Gasteiger partial charge in [0.2, 0.25) is 10.0 Å². The normalized spacial score (nSPS) is 13.0. The molecule has 25 heavy (non-hydrogen) atoms. The van der Waals surface area contributed by atoms with Crippen LogP contribution in [0.15, 0.2) is 53.4 Å². The molecule has 0 aliphatic carbocycles. The number of likely N-dealkylation sites (N-methyl/N-ethyl adjacent to an activating group) is 1. The molecule has 0 saturated carbocycles. The maximum atomic E-state index is 12.5. The molecular formula is C18H25ClN3O2S+. The van der Waals surface area contributed by atoms with Crippen molar-refractivity contribution >= 4 is 27.3 Å². The first-order valence-corrected chi connectivity index (χ1v) is 9.89. The molecule has 0 bridgehead atoms. The molecule has 0 saturated heterocycles. The van der Waals surface area contributed by atoms with Crippen molar-refractivity contribution in [3.8, 4) is 0 Å². The lowest BCUT2D eigenvalue weighted by atomic mass is 10.1. The van der Waals surface area contributed by atoms with Gasteiger partial charge in [-0.05, 0) is 30.3 Å². The highest BCUT2D eigenvalue weighted by molar-refractivity contribution is 7.89. The van der Waals surface area contributed by atoms with Gasteiger partial charge in [0.15, 0.2) is 0 Å². The van der Waals surface area contributed by atoms with Gasteiger partial charge in [-0.2, -0.15) is 0 Å². The molecule has 0 unspecified atom stereocenters. The third-order valence-corrected chi connectivity index (χ3v) is 5.75. The standard InChI is InChI=1S/C18H24ClN3O2S/c1-21(2)16-10-8-14(9-11-16)18(22(3)4)13-20-25(23,24)17-7-5-6-15(19)12-17/h5-12,18,20H,13H2,1-4H3/p+1/t18-/m1/s1. The number of sulfonamides is 1. The van der Waals surface area contributed by atoms with Crippen molar-refractivity contribution in [1.82, 2.24) is 4.72 Å². The summed E-state index contributed by atoms with van der Waals surface area (Å²) >= 11 is 5.90. The molecule has 2 aromatic rings. The van der Waals surface area contributed by atoms with Crippen LogP contribution in [0.3, 0.4) is 0 Å². The third kappa shape index (κ3) is 5.19. The van der Waals surface area contributed by atoms with Crippen molar-refractivity contribution < 1.29 is 13.3 Å². The first kappa shape index (κ1) is 19.7. The van der Waals surface area contributed by atoms with E-state index in [1.54, 1.807) is 12.1 Å². The molecule has 0 radical (unpaired) electrons. The fourth-order valence-corrected chi connectivity index (χ4v) is 3.92. The van der Waals surface area contributed by atoms with Gasteiger partial charge in [-0.15, -0.1) is 0 Å². The highest BCUT2D eigenvalue weighted by atomic mass is 35.5. The van der Waals surface area contributed by atoms with E-state index in [0.29, 0.717) is 11.6 Å². The Morgan fingerprint density at radius 1 is 1.12 bits per heavy atom. The molecule has 7 heteroatoms. The van der Waals surface area contributed by atoms with Gasteiger partial charge >= 0.3 is 0 Å². The summed E-state index contributed by atoms with van der Waals surface area (Å²) < 4.78 is 27.7. The van der Waals surface area contributed by atoms with Crippen LogP contribution in [0, 0.1) is 0 Å². The molecule has 0 aliphatic heterocycles. The van der Waals surface area contributed by atoms with Crippen LogP contribution in [0.5, 0.6) is 0 Å². The number of hydrogen-bond donors (Lipinski definition) is 2. The number of anilines is 1. The average molecular weight is 383 g/mol. The van der Waals surface area contributed by atoms with Crippen LogP contribution in [0.25, 0.3) is 0 Å². The summed E-state index contributed by atoms with van der Waals surface area (Å²) in [6.45, 7) is 0.304. The zero-order valence-electron chi connectivity index (χ0n) is 15.0. The first-order chi connectivity index (χ1) is 11.7. The minimum atomic E-state index is -3.60. The SMILES string of the molecule is CN(C)c1ccc([C@@H](CNS(=O)(=O)c2cccc(Cl)c2)[NH+](C)C)cc1. The number of nitrogens with one attached hydrogen (secondary N) is 2. The number of hydrogen-bond acceptors (Lipinski definition) is 3. The minimum Gasteiger partial charge on any atom is -0.378 e. The minimum absolute atomic E-state index is 0.00479. The molecule has 136 valence electrons. The molecule has 5 nitrogen and oxygen atoms in total. The van der Waals surface area contributed by atoms with E-state index in [2.05, 4.69) is 4.72 Å². The van der Waals surface area contributed by atoms with Gasteiger partial charge in [0.1, 0.15) is 6.04 Å². The summed E-state index contributed by atoms with van der Waals surface area (Å²) in [5, 5.41) is 0.400. The molecule has 1 atom stereocenters. The smallest absolute Gasteiger partial charge is 0.240 e. The summed E-state index contributed by atoms with van der Waals surface area (Å²) in [6, 6.07) is 14.4. The number of nitrogens with zero attached hydrogens (tertiary/aromatic N) is 1. The maximum Gasteiger partial charge on any atom is 0.240 e. The van der Waals surface area contributed by atoms with Gasteiger partial charge in [-0.1, -0.05) is 29.8 Å². The van der Waals surface area contributed by atoms with Gasteiger partial charge in [0.05, 0.1) is 25.5 Å². The Bertz CT molecular complexity index is 805. The largest absolute Gasteiger partial charge is 0.378 e. The van der Waals surface area contributed by atoms with Crippen LogP contribution < -0.4 is 14.5 Å². The Morgan fingerprint density at radius 2 is 1.76 bits per heavy atom. The van der Waals surface area contributed by atoms with E-state index in [9.17, 15) is 8.42 Å². The van der Waals surface area contributed by atoms with Crippen LogP contribution in [-0.4, -0.2) is 43.2 Å². The van der Waals surface area contributed by atoms with E-state index in [1.807, 2.05) is 57.4 Å². The van der Waals surface area contributed by atoms with E-state index in [0.717, 1.165) is 16.2 Å². The van der Waals surface area contributed by atoms with E-state index >= 15 is 0 Å². The summed E-state index contributed by atoms with van der Waals surface area (Å²) in [6.07, 6.45) is 0. The van der Waals surface area contributed by atoms with Gasteiger partial charge in [0, 0.05) is 30.4 Å². The lowest BCUT2D eigenvalue weighted by Crippen LogP contribution is -3.07. The van der Waals surface area contributed by atoms with Gasteiger partial charge in [-0.25, -0.2) is 13.1 Å².